The van der Waals surface area contributed by atoms with Gasteiger partial charge in [-0.2, -0.15) is 0 Å². The molecule has 0 saturated heterocycles. The van der Waals surface area contributed by atoms with E-state index in [1.54, 1.807) is 0 Å². The van der Waals surface area contributed by atoms with Gasteiger partial charge >= 0.3 is 0 Å². The predicted molar refractivity (Wildman–Crippen MR) is 72.9 cm³/mol. The summed E-state index contributed by atoms with van der Waals surface area (Å²) in [5.41, 5.74) is 0.982. The molecule has 0 heterocycles. The summed E-state index contributed by atoms with van der Waals surface area (Å²) in [5.74, 6) is 0.748. The van der Waals surface area contributed by atoms with E-state index in [-0.39, 0.29) is 0 Å². The van der Waals surface area contributed by atoms with Crippen LogP contribution in [0.4, 0.5) is 0 Å². The van der Waals surface area contributed by atoms with Crippen LogP contribution in [0.25, 0.3) is 0 Å². The second kappa shape index (κ2) is 7.46. The highest BCUT2D eigenvalue weighted by atomic mass is 16.3. The first-order valence-electron chi connectivity index (χ1n) is 6.56. The summed E-state index contributed by atoms with van der Waals surface area (Å²) in [6.45, 7) is 7.29. The maximum atomic E-state index is 9.98. The lowest BCUT2D eigenvalue weighted by atomic mass is 10.0. The minimum atomic E-state index is -0.405. The zero-order valence-corrected chi connectivity index (χ0v) is 11.2. The first kappa shape index (κ1) is 14.2. The smallest absolute Gasteiger partial charge is 0.0914 e. The molecule has 0 spiro atoms. The number of rotatable bonds is 7. The van der Waals surface area contributed by atoms with Gasteiger partial charge in [0.05, 0.1) is 6.10 Å². The van der Waals surface area contributed by atoms with Crippen molar-refractivity contribution in [3.8, 4) is 0 Å². The number of benzene rings is 1. The van der Waals surface area contributed by atoms with Crippen LogP contribution < -0.4 is 5.32 Å². The van der Waals surface area contributed by atoms with Crippen molar-refractivity contribution in [1.29, 1.82) is 0 Å². The Labute approximate surface area is 105 Å². The van der Waals surface area contributed by atoms with Crippen molar-refractivity contribution < 1.29 is 5.11 Å². The Morgan fingerprint density at radius 1 is 1.06 bits per heavy atom. The van der Waals surface area contributed by atoms with E-state index in [0.29, 0.717) is 12.6 Å². The molecule has 0 aliphatic rings. The molecular weight excluding hydrogens is 210 g/mol. The average molecular weight is 235 g/mol. The molecule has 0 unspecified atom stereocenters. The third kappa shape index (κ3) is 5.85. The van der Waals surface area contributed by atoms with Gasteiger partial charge in [-0.15, -0.1) is 0 Å². The summed E-state index contributed by atoms with van der Waals surface area (Å²) in [7, 11) is 0. The summed E-state index contributed by atoms with van der Waals surface area (Å²) >= 11 is 0. The van der Waals surface area contributed by atoms with Gasteiger partial charge in [-0.25, -0.2) is 0 Å². The molecule has 96 valence electrons. The summed E-state index contributed by atoms with van der Waals surface area (Å²) in [6, 6.07) is 10.3. The van der Waals surface area contributed by atoms with Crippen molar-refractivity contribution >= 4 is 0 Å². The Kier molecular flexibility index (Phi) is 6.23. The fraction of sp³-hybridized carbons (Fsp3) is 0.600. The van der Waals surface area contributed by atoms with Gasteiger partial charge in [0.25, 0.3) is 0 Å². The predicted octanol–water partition coefficient (Wildman–Crippen LogP) is 3.13. The number of hydrogen-bond donors (Lipinski definition) is 2. The molecule has 0 aromatic heterocycles. The Morgan fingerprint density at radius 2 is 1.71 bits per heavy atom. The van der Waals surface area contributed by atoms with Gasteiger partial charge < -0.3 is 10.4 Å². The average Bonchev–Trinajstić information content (AvgIpc) is 2.34. The normalized spacial score (nSPS) is 14.9. The van der Waals surface area contributed by atoms with E-state index in [0.717, 1.165) is 11.5 Å². The standard InChI is InChI=1S/C15H25NO/c1-12(2)9-10-13(3)16-11-15(17)14-7-5-4-6-8-14/h4-8,12-13,15-17H,9-11H2,1-3H3/t13-,15+/m1/s1. The molecule has 0 radical (unpaired) electrons. The second-order valence-electron chi connectivity index (χ2n) is 5.21. The highest BCUT2D eigenvalue weighted by molar-refractivity contribution is 5.17. The first-order valence-corrected chi connectivity index (χ1v) is 6.56. The summed E-state index contributed by atoms with van der Waals surface area (Å²) in [5, 5.41) is 13.4. The summed E-state index contributed by atoms with van der Waals surface area (Å²) in [6.07, 6.45) is 1.99. The van der Waals surface area contributed by atoms with Gasteiger partial charge in [0.15, 0.2) is 0 Å². The van der Waals surface area contributed by atoms with E-state index in [1.165, 1.54) is 12.8 Å². The fourth-order valence-corrected chi connectivity index (χ4v) is 1.79. The van der Waals surface area contributed by atoms with E-state index >= 15 is 0 Å². The third-order valence-electron chi connectivity index (χ3n) is 3.02. The number of aliphatic hydroxyl groups excluding tert-OH is 1. The van der Waals surface area contributed by atoms with Crippen LogP contribution in [0.2, 0.25) is 0 Å². The van der Waals surface area contributed by atoms with Crippen molar-refractivity contribution in [2.24, 2.45) is 5.92 Å². The topological polar surface area (TPSA) is 32.3 Å². The number of hydrogen-bond acceptors (Lipinski definition) is 2. The monoisotopic (exact) mass is 235 g/mol. The highest BCUT2D eigenvalue weighted by Crippen LogP contribution is 2.12. The van der Waals surface area contributed by atoms with Gasteiger partial charge in [0, 0.05) is 12.6 Å². The van der Waals surface area contributed by atoms with Gasteiger partial charge in [0.2, 0.25) is 0 Å². The first-order chi connectivity index (χ1) is 8.09. The van der Waals surface area contributed by atoms with Gasteiger partial charge in [-0.3, -0.25) is 0 Å². The van der Waals surface area contributed by atoms with E-state index in [1.807, 2.05) is 30.3 Å². The zero-order valence-electron chi connectivity index (χ0n) is 11.2. The lowest BCUT2D eigenvalue weighted by molar-refractivity contribution is 0.169. The minimum absolute atomic E-state index is 0.405. The zero-order chi connectivity index (χ0) is 12.7. The van der Waals surface area contributed by atoms with Crippen molar-refractivity contribution in [2.45, 2.75) is 45.8 Å². The third-order valence-corrected chi connectivity index (χ3v) is 3.02. The molecule has 2 atom stereocenters. The highest BCUT2D eigenvalue weighted by Gasteiger charge is 2.09. The van der Waals surface area contributed by atoms with Crippen molar-refractivity contribution in [2.75, 3.05) is 6.54 Å². The molecule has 0 aliphatic heterocycles. The van der Waals surface area contributed by atoms with E-state index < -0.39 is 6.10 Å². The Balaban J connectivity index is 2.26. The minimum Gasteiger partial charge on any atom is -0.387 e. The molecule has 2 N–H and O–H groups in total. The van der Waals surface area contributed by atoms with Crippen LogP contribution in [-0.2, 0) is 0 Å². The molecule has 0 aliphatic carbocycles. The maximum absolute atomic E-state index is 9.98. The van der Waals surface area contributed by atoms with Gasteiger partial charge in [0.1, 0.15) is 0 Å². The molecule has 17 heavy (non-hydrogen) atoms. The largest absolute Gasteiger partial charge is 0.387 e. The van der Waals surface area contributed by atoms with Crippen molar-refractivity contribution in [1.82, 2.24) is 5.32 Å². The van der Waals surface area contributed by atoms with Gasteiger partial charge in [-0.1, -0.05) is 44.2 Å². The molecule has 0 fully saturated rings. The maximum Gasteiger partial charge on any atom is 0.0914 e. The second-order valence-corrected chi connectivity index (χ2v) is 5.21. The molecule has 0 saturated carbocycles. The van der Waals surface area contributed by atoms with Crippen LogP contribution in [0.5, 0.6) is 0 Å². The number of nitrogens with one attached hydrogen (secondary N) is 1. The lowest BCUT2D eigenvalue weighted by Gasteiger charge is -2.18. The van der Waals surface area contributed by atoms with Crippen molar-refractivity contribution in [3.05, 3.63) is 35.9 Å². The Hall–Kier alpha value is -0.860. The lowest BCUT2D eigenvalue weighted by Crippen LogP contribution is -2.30. The van der Waals surface area contributed by atoms with Gasteiger partial charge in [-0.05, 0) is 31.2 Å². The molecule has 0 bridgehead atoms. The molecule has 1 aromatic carbocycles. The molecule has 1 rings (SSSR count). The molecule has 2 nitrogen and oxygen atoms in total. The quantitative estimate of drug-likeness (QED) is 0.761. The van der Waals surface area contributed by atoms with E-state index in [2.05, 4.69) is 26.1 Å². The van der Waals surface area contributed by atoms with Crippen molar-refractivity contribution in [3.63, 3.8) is 0 Å². The molecular formula is C15H25NO. The van der Waals surface area contributed by atoms with Crippen LogP contribution in [0, 0.1) is 5.92 Å². The van der Waals surface area contributed by atoms with Crippen LogP contribution in [-0.4, -0.2) is 17.7 Å². The Morgan fingerprint density at radius 3 is 2.29 bits per heavy atom. The van der Waals surface area contributed by atoms with Crippen LogP contribution >= 0.6 is 0 Å². The van der Waals surface area contributed by atoms with E-state index in [4.69, 9.17) is 0 Å². The SMILES string of the molecule is CC(C)CC[C@@H](C)NC[C@H](O)c1ccccc1. The summed E-state index contributed by atoms with van der Waals surface area (Å²) < 4.78 is 0. The van der Waals surface area contributed by atoms with Crippen LogP contribution in [0.15, 0.2) is 30.3 Å². The molecule has 2 heteroatoms. The molecule has 1 aromatic rings. The summed E-state index contributed by atoms with van der Waals surface area (Å²) in [4.78, 5) is 0. The Bertz CT molecular complexity index is 297. The number of aliphatic hydroxyl groups is 1. The van der Waals surface area contributed by atoms with E-state index in [9.17, 15) is 5.11 Å². The molecule has 0 amide bonds. The van der Waals surface area contributed by atoms with Crippen LogP contribution in [0.1, 0.15) is 45.3 Å². The fourth-order valence-electron chi connectivity index (χ4n) is 1.79. The van der Waals surface area contributed by atoms with Crippen LogP contribution in [0.3, 0.4) is 0 Å².